The zero-order valence-electron chi connectivity index (χ0n) is 16.1. The highest BCUT2D eigenvalue weighted by atomic mass is 32.1. The molecule has 0 aliphatic heterocycles. The van der Waals surface area contributed by atoms with E-state index in [-0.39, 0.29) is 23.0 Å². The molecule has 11 heteroatoms. The van der Waals surface area contributed by atoms with Crippen LogP contribution >= 0.6 is 11.3 Å². The Balaban J connectivity index is 2.24. The highest BCUT2D eigenvalue weighted by molar-refractivity contribution is 7.13. The number of nitrogens with one attached hydrogen (secondary N) is 1. The molecule has 0 saturated heterocycles. The summed E-state index contributed by atoms with van der Waals surface area (Å²) < 4.78 is 38.1. The minimum absolute atomic E-state index is 0.0312. The van der Waals surface area contributed by atoms with Gasteiger partial charge in [-0.25, -0.2) is 4.98 Å². The number of carbonyl (C=O) groups excluding carboxylic acids is 1. The van der Waals surface area contributed by atoms with Crippen LogP contribution in [0.1, 0.15) is 33.5 Å². The summed E-state index contributed by atoms with van der Waals surface area (Å²) in [5.41, 5.74) is 2.22. The van der Waals surface area contributed by atoms with Gasteiger partial charge in [0.1, 0.15) is 29.3 Å². The second-order valence-corrected chi connectivity index (χ2v) is 6.81. The molecule has 29 heavy (non-hydrogen) atoms. The monoisotopic (exact) mass is 428 g/mol. The first-order valence-corrected chi connectivity index (χ1v) is 9.12. The Hall–Kier alpha value is -2.95. The van der Waals surface area contributed by atoms with Gasteiger partial charge in [0.25, 0.3) is 5.91 Å². The number of likely N-dealkylation sites (N-methyl/N-ethyl adjacent to an activating group) is 1. The molecule has 0 saturated carbocycles. The molecule has 0 aliphatic carbocycles. The molecule has 1 N–H and O–H groups in total. The Kier molecular flexibility index (Phi) is 7.32. The van der Waals surface area contributed by atoms with Crippen LogP contribution < -0.4 is 5.32 Å². The first kappa shape index (κ1) is 22.3. The van der Waals surface area contributed by atoms with Gasteiger partial charge in [-0.3, -0.25) is 4.79 Å². The SMILES string of the molecule is CNC(=O)/C(=N/OC)c1cccc(C)c1CO/N=C(\C)c1ncc(C(F)(F)F)s1. The molecule has 2 aromatic rings. The number of nitrogens with zero attached hydrogens (tertiary/aromatic N) is 3. The Morgan fingerprint density at radius 2 is 2.03 bits per heavy atom. The van der Waals surface area contributed by atoms with Crippen molar-refractivity contribution in [3.05, 3.63) is 51.0 Å². The number of alkyl halides is 3. The third-order valence-electron chi connectivity index (χ3n) is 3.80. The fourth-order valence-electron chi connectivity index (χ4n) is 2.34. The van der Waals surface area contributed by atoms with E-state index in [0.29, 0.717) is 22.5 Å². The van der Waals surface area contributed by atoms with Gasteiger partial charge in [0.05, 0.1) is 6.20 Å². The van der Waals surface area contributed by atoms with E-state index in [1.54, 1.807) is 12.1 Å². The van der Waals surface area contributed by atoms with E-state index in [1.165, 1.54) is 21.1 Å². The average molecular weight is 428 g/mol. The molecule has 0 aliphatic rings. The van der Waals surface area contributed by atoms with E-state index in [2.05, 4.69) is 20.6 Å². The van der Waals surface area contributed by atoms with Crippen molar-refractivity contribution in [3.63, 3.8) is 0 Å². The van der Waals surface area contributed by atoms with Crippen LogP contribution in [0.3, 0.4) is 0 Å². The first-order chi connectivity index (χ1) is 13.7. The number of rotatable bonds is 7. The number of amides is 1. The van der Waals surface area contributed by atoms with E-state index in [0.717, 1.165) is 11.8 Å². The lowest BCUT2D eigenvalue weighted by Gasteiger charge is -2.12. The van der Waals surface area contributed by atoms with E-state index < -0.39 is 17.0 Å². The molecule has 0 atom stereocenters. The number of oxime groups is 2. The van der Waals surface area contributed by atoms with Gasteiger partial charge in [-0.1, -0.05) is 28.5 Å². The smallest absolute Gasteiger partial charge is 0.398 e. The normalized spacial score (nSPS) is 12.7. The first-order valence-electron chi connectivity index (χ1n) is 8.31. The summed E-state index contributed by atoms with van der Waals surface area (Å²) in [4.78, 5) is 25.2. The Bertz CT molecular complexity index is 939. The number of hydrogen-bond donors (Lipinski definition) is 1. The van der Waals surface area contributed by atoms with Crippen molar-refractivity contribution >= 4 is 28.7 Å². The van der Waals surface area contributed by atoms with E-state index >= 15 is 0 Å². The second-order valence-electron chi connectivity index (χ2n) is 5.78. The average Bonchev–Trinajstić information content (AvgIpc) is 3.17. The molecule has 1 heterocycles. The van der Waals surface area contributed by atoms with Crippen molar-refractivity contribution in [2.24, 2.45) is 10.3 Å². The zero-order valence-corrected chi connectivity index (χ0v) is 16.9. The molecule has 156 valence electrons. The number of aryl methyl sites for hydroxylation is 1. The largest absolute Gasteiger partial charge is 0.427 e. The van der Waals surface area contributed by atoms with Gasteiger partial charge < -0.3 is 15.0 Å². The lowest BCUT2D eigenvalue weighted by molar-refractivity contribution is -0.134. The summed E-state index contributed by atoms with van der Waals surface area (Å²) in [6, 6.07) is 5.26. The number of hydrogen-bond acceptors (Lipinski definition) is 7. The molecule has 0 spiro atoms. The quantitative estimate of drug-likeness (QED) is 0.540. The molecular weight excluding hydrogens is 409 g/mol. The lowest BCUT2D eigenvalue weighted by Crippen LogP contribution is -2.29. The van der Waals surface area contributed by atoms with Gasteiger partial charge in [0.2, 0.25) is 0 Å². The minimum atomic E-state index is -4.45. The highest BCUT2D eigenvalue weighted by Gasteiger charge is 2.33. The maximum absolute atomic E-state index is 12.7. The van der Waals surface area contributed by atoms with Crippen LogP contribution in [-0.4, -0.2) is 36.5 Å². The molecule has 1 aromatic carbocycles. The molecule has 0 radical (unpaired) electrons. The summed E-state index contributed by atoms with van der Waals surface area (Å²) >= 11 is 0.483. The van der Waals surface area contributed by atoms with E-state index in [1.807, 2.05) is 13.0 Å². The van der Waals surface area contributed by atoms with Gasteiger partial charge in [0.15, 0.2) is 5.71 Å². The van der Waals surface area contributed by atoms with Crippen LogP contribution in [0.15, 0.2) is 34.7 Å². The number of thiazole rings is 1. The van der Waals surface area contributed by atoms with Crippen molar-refractivity contribution in [2.45, 2.75) is 26.6 Å². The van der Waals surface area contributed by atoms with Crippen LogP contribution in [0.2, 0.25) is 0 Å². The number of benzene rings is 1. The van der Waals surface area contributed by atoms with Gasteiger partial charge in [0, 0.05) is 18.2 Å². The van der Waals surface area contributed by atoms with Crippen molar-refractivity contribution in [2.75, 3.05) is 14.2 Å². The Morgan fingerprint density at radius 3 is 2.62 bits per heavy atom. The summed E-state index contributed by atoms with van der Waals surface area (Å²) in [6.45, 7) is 3.29. The van der Waals surface area contributed by atoms with Crippen molar-refractivity contribution < 1.29 is 27.6 Å². The summed E-state index contributed by atoms with van der Waals surface area (Å²) in [6.07, 6.45) is -3.70. The lowest BCUT2D eigenvalue weighted by atomic mass is 9.98. The molecule has 2 rings (SSSR count). The molecule has 7 nitrogen and oxygen atoms in total. The highest BCUT2D eigenvalue weighted by Crippen LogP contribution is 2.33. The van der Waals surface area contributed by atoms with Crippen molar-refractivity contribution in [1.82, 2.24) is 10.3 Å². The fraction of sp³-hybridized carbons (Fsp3) is 0.333. The van der Waals surface area contributed by atoms with Gasteiger partial charge >= 0.3 is 6.18 Å². The standard InChI is InChI=1S/C18H19F3N4O3S/c1-10-6-5-7-12(15(25-27-4)16(26)22-3)13(10)9-28-24-11(2)17-23-8-14(29-17)18(19,20)21/h5-8H,9H2,1-4H3,(H,22,26)/b24-11+,25-15+. The maximum Gasteiger partial charge on any atom is 0.427 e. The number of aromatic nitrogens is 1. The molecule has 1 amide bonds. The van der Waals surface area contributed by atoms with E-state index in [4.69, 9.17) is 9.68 Å². The van der Waals surface area contributed by atoms with Gasteiger partial charge in [-0.2, -0.15) is 13.2 Å². The molecule has 0 unspecified atom stereocenters. The predicted octanol–water partition coefficient (Wildman–Crippen LogP) is 3.51. The van der Waals surface area contributed by atoms with Gasteiger partial charge in [-0.05, 0) is 19.4 Å². The maximum atomic E-state index is 12.7. The van der Waals surface area contributed by atoms with Crippen LogP contribution in [0, 0.1) is 6.92 Å². The van der Waals surface area contributed by atoms with Crippen LogP contribution in [0.5, 0.6) is 0 Å². The molecule has 0 fully saturated rings. The summed E-state index contributed by atoms with van der Waals surface area (Å²) in [5.74, 6) is -0.444. The zero-order chi connectivity index (χ0) is 21.6. The minimum Gasteiger partial charge on any atom is -0.398 e. The van der Waals surface area contributed by atoms with Crippen LogP contribution in [-0.2, 0) is 27.3 Å². The van der Waals surface area contributed by atoms with Crippen LogP contribution in [0.4, 0.5) is 13.2 Å². The second kappa shape index (κ2) is 9.50. The van der Waals surface area contributed by atoms with Crippen molar-refractivity contribution in [3.8, 4) is 0 Å². The molecule has 1 aromatic heterocycles. The Morgan fingerprint density at radius 1 is 1.31 bits per heavy atom. The summed E-state index contributed by atoms with van der Waals surface area (Å²) in [5, 5.41) is 10.2. The van der Waals surface area contributed by atoms with Crippen molar-refractivity contribution in [1.29, 1.82) is 0 Å². The predicted molar refractivity (Wildman–Crippen MR) is 103 cm³/mol. The van der Waals surface area contributed by atoms with E-state index in [9.17, 15) is 18.0 Å². The Labute approximate surface area is 169 Å². The van der Waals surface area contributed by atoms with Gasteiger partial charge in [-0.15, -0.1) is 11.3 Å². The number of halogens is 3. The topological polar surface area (TPSA) is 85.2 Å². The number of carbonyl (C=O) groups is 1. The third kappa shape index (κ3) is 5.53. The summed E-state index contributed by atoms with van der Waals surface area (Å²) in [7, 11) is 2.79. The molecule has 0 bridgehead atoms. The molecular formula is C18H19F3N4O3S. The fourth-order valence-corrected chi connectivity index (χ4v) is 3.06. The van der Waals surface area contributed by atoms with Crippen LogP contribution in [0.25, 0.3) is 0 Å². The third-order valence-corrected chi connectivity index (χ3v) is 4.95.